The van der Waals surface area contributed by atoms with E-state index in [1.165, 1.54) is 25.3 Å². The minimum atomic E-state index is -0.948. The molecule has 0 amide bonds. The summed E-state index contributed by atoms with van der Waals surface area (Å²) < 4.78 is 27.9. The van der Waals surface area contributed by atoms with Crippen LogP contribution in [0.1, 0.15) is 24.8 Å². The Balaban J connectivity index is 1.56. The molecule has 3 N–H and O–H groups in total. The second kappa shape index (κ2) is 4.13. The van der Waals surface area contributed by atoms with Crippen molar-refractivity contribution in [3.05, 3.63) is 29.3 Å². The number of fused-ring (bicyclic) bond motifs is 5. The zero-order valence-corrected chi connectivity index (χ0v) is 11.7. The summed E-state index contributed by atoms with van der Waals surface area (Å²) in [6.45, 7) is 0. The van der Waals surface area contributed by atoms with Gasteiger partial charge in [-0.05, 0) is 55.1 Å². The SMILES string of the molecule is NC(=S)c1ccc(NC2C3C4CCC(C4)C23)c(F)c1F. The van der Waals surface area contributed by atoms with Crippen molar-refractivity contribution in [2.75, 3.05) is 5.32 Å². The highest BCUT2D eigenvalue weighted by Gasteiger charge is 2.65. The maximum Gasteiger partial charge on any atom is 0.182 e. The van der Waals surface area contributed by atoms with Gasteiger partial charge in [0.2, 0.25) is 0 Å². The van der Waals surface area contributed by atoms with Gasteiger partial charge in [-0.3, -0.25) is 0 Å². The minimum absolute atomic E-state index is 0.0286. The summed E-state index contributed by atoms with van der Waals surface area (Å²) >= 11 is 4.71. The van der Waals surface area contributed by atoms with E-state index >= 15 is 0 Å². The van der Waals surface area contributed by atoms with Gasteiger partial charge in [0.1, 0.15) is 4.99 Å². The van der Waals surface area contributed by atoms with Gasteiger partial charge < -0.3 is 11.1 Å². The van der Waals surface area contributed by atoms with E-state index in [-0.39, 0.29) is 16.2 Å². The van der Waals surface area contributed by atoms with Crippen LogP contribution in [0.5, 0.6) is 0 Å². The molecule has 0 aromatic heterocycles. The molecule has 0 radical (unpaired) electrons. The Morgan fingerprint density at radius 1 is 1.15 bits per heavy atom. The van der Waals surface area contributed by atoms with E-state index in [9.17, 15) is 8.78 Å². The predicted molar refractivity (Wildman–Crippen MR) is 77.5 cm³/mol. The van der Waals surface area contributed by atoms with Crippen molar-refractivity contribution in [1.82, 2.24) is 0 Å². The van der Waals surface area contributed by atoms with Gasteiger partial charge in [-0.15, -0.1) is 0 Å². The Morgan fingerprint density at radius 3 is 2.40 bits per heavy atom. The lowest BCUT2D eigenvalue weighted by molar-refractivity contribution is 0.456. The second-order valence-electron chi connectivity index (χ2n) is 6.31. The Labute approximate surface area is 121 Å². The number of thiocarbonyl (C=S) groups is 1. The van der Waals surface area contributed by atoms with Crippen LogP contribution in [-0.2, 0) is 0 Å². The molecule has 106 valence electrons. The van der Waals surface area contributed by atoms with Crippen LogP contribution in [0.25, 0.3) is 0 Å². The van der Waals surface area contributed by atoms with E-state index in [0.29, 0.717) is 17.9 Å². The highest BCUT2D eigenvalue weighted by Crippen LogP contribution is 2.66. The van der Waals surface area contributed by atoms with E-state index in [4.69, 9.17) is 18.0 Å². The lowest BCUT2D eigenvalue weighted by Gasteiger charge is -2.13. The van der Waals surface area contributed by atoms with Crippen molar-refractivity contribution >= 4 is 22.9 Å². The van der Waals surface area contributed by atoms with Gasteiger partial charge in [0, 0.05) is 11.6 Å². The molecule has 1 aromatic rings. The van der Waals surface area contributed by atoms with Crippen LogP contribution in [0.3, 0.4) is 0 Å². The van der Waals surface area contributed by atoms with Gasteiger partial charge in [0.15, 0.2) is 11.6 Å². The Bertz CT molecular complexity index is 588. The zero-order chi connectivity index (χ0) is 14.0. The predicted octanol–water partition coefficient (Wildman–Crippen LogP) is 3.06. The lowest BCUT2D eigenvalue weighted by atomic mass is 10.0. The van der Waals surface area contributed by atoms with Gasteiger partial charge in [-0.25, -0.2) is 8.78 Å². The molecule has 0 spiro atoms. The van der Waals surface area contributed by atoms with Gasteiger partial charge in [-0.2, -0.15) is 0 Å². The average molecular weight is 294 g/mol. The van der Waals surface area contributed by atoms with Crippen LogP contribution in [0.4, 0.5) is 14.5 Å². The van der Waals surface area contributed by atoms with E-state index in [2.05, 4.69) is 5.32 Å². The number of halogens is 2. The molecule has 20 heavy (non-hydrogen) atoms. The number of benzene rings is 1. The number of anilines is 1. The van der Waals surface area contributed by atoms with Gasteiger partial charge in [0.05, 0.1) is 5.69 Å². The highest BCUT2D eigenvalue weighted by atomic mass is 32.1. The van der Waals surface area contributed by atoms with Crippen molar-refractivity contribution in [3.8, 4) is 0 Å². The summed E-state index contributed by atoms with van der Waals surface area (Å²) in [5.74, 6) is 1.12. The molecular weight excluding hydrogens is 278 g/mol. The molecule has 4 atom stereocenters. The topological polar surface area (TPSA) is 38.0 Å². The van der Waals surface area contributed by atoms with Crippen molar-refractivity contribution < 1.29 is 8.78 Å². The molecule has 4 unspecified atom stereocenters. The summed E-state index contributed by atoms with van der Waals surface area (Å²) in [5, 5.41) is 3.19. The summed E-state index contributed by atoms with van der Waals surface area (Å²) in [4.78, 5) is -0.116. The molecule has 3 saturated carbocycles. The smallest absolute Gasteiger partial charge is 0.182 e. The first-order chi connectivity index (χ1) is 9.58. The number of hydrogen-bond acceptors (Lipinski definition) is 2. The molecule has 2 bridgehead atoms. The first-order valence-corrected chi connectivity index (χ1v) is 7.53. The standard InChI is InChI=1S/C15H16F2N2S/c16-12-8(15(18)20)3-4-9(13(12)17)19-14-10-6-1-2-7(5-6)11(10)14/h3-4,6-7,10-11,14,19H,1-2,5H2,(H2,18,20). The quantitative estimate of drug-likeness (QED) is 0.842. The first-order valence-electron chi connectivity index (χ1n) is 7.12. The third-order valence-corrected chi connectivity index (χ3v) is 5.63. The Morgan fingerprint density at radius 2 is 1.80 bits per heavy atom. The molecule has 5 heteroatoms. The molecule has 3 fully saturated rings. The summed E-state index contributed by atoms with van der Waals surface area (Å²) in [5.41, 5.74) is 5.58. The molecule has 0 saturated heterocycles. The van der Waals surface area contributed by atoms with Crippen molar-refractivity contribution in [2.24, 2.45) is 29.4 Å². The zero-order valence-electron chi connectivity index (χ0n) is 10.9. The van der Waals surface area contributed by atoms with Crippen LogP contribution in [-0.4, -0.2) is 11.0 Å². The molecule has 1 aromatic carbocycles. The van der Waals surface area contributed by atoms with Gasteiger partial charge >= 0.3 is 0 Å². The molecule has 2 nitrogen and oxygen atoms in total. The van der Waals surface area contributed by atoms with Crippen LogP contribution >= 0.6 is 12.2 Å². The van der Waals surface area contributed by atoms with Gasteiger partial charge in [0.25, 0.3) is 0 Å². The van der Waals surface area contributed by atoms with E-state index in [1.54, 1.807) is 6.07 Å². The van der Waals surface area contributed by atoms with Crippen molar-refractivity contribution in [1.29, 1.82) is 0 Å². The summed E-state index contributed by atoms with van der Waals surface area (Å²) in [6.07, 6.45) is 3.95. The molecule has 4 rings (SSSR count). The summed E-state index contributed by atoms with van der Waals surface area (Å²) in [7, 11) is 0. The molecule has 3 aliphatic rings. The number of hydrogen-bond donors (Lipinski definition) is 2. The minimum Gasteiger partial charge on any atom is -0.389 e. The van der Waals surface area contributed by atoms with Crippen molar-refractivity contribution in [2.45, 2.75) is 25.3 Å². The number of nitrogens with one attached hydrogen (secondary N) is 1. The largest absolute Gasteiger partial charge is 0.389 e. The fraction of sp³-hybridized carbons (Fsp3) is 0.533. The van der Waals surface area contributed by atoms with E-state index < -0.39 is 11.6 Å². The highest BCUT2D eigenvalue weighted by molar-refractivity contribution is 7.80. The second-order valence-corrected chi connectivity index (χ2v) is 6.75. The van der Waals surface area contributed by atoms with Crippen LogP contribution in [0, 0.1) is 35.3 Å². The molecule has 3 aliphatic carbocycles. The molecule has 0 aliphatic heterocycles. The van der Waals surface area contributed by atoms with Crippen LogP contribution in [0.15, 0.2) is 12.1 Å². The fourth-order valence-electron chi connectivity index (χ4n) is 4.55. The fourth-order valence-corrected chi connectivity index (χ4v) is 4.71. The van der Waals surface area contributed by atoms with E-state index in [0.717, 1.165) is 11.8 Å². The number of rotatable bonds is 3. The summed E-state index contributed by atoms with van der Waals surface area (Å²) in [6, 6.07) is 3.32. The third kappa shape index (κ3) is 1.62. The average Bonchev–Trinajstić information content (AvgIpc) is 2.81. The Kier molecular flexibility index (Phi) is 2.58. The monoisotopic (exact) mass is 294 g/mol. The van der Waals surface area contributed by atoms with E-state index in [1.807, 2.05) is 0 Å². The Hall–Kier alpha value is -1.23. The molecule has 0 heterocycles. The van der Waals surface area contributed by atoms with Crippen molar-refractivity contribution in [3.63, 3.8) is 0 Å². The first kappa shape index (κ1) is 12.5. The van der Waals surface area contributed by atoms with Gasteiger partial charge in [-0.1, -0.05) is 12.2 Å². The maximum atomic E-state index is 14.0. The lowest BCUT2D eigenvalue weighted by Crippen LogP contribution is -2.16. The van der Waals surface area contributed by atoms with Crippen LogP contribution < -0.4 is 11.1 Å². The third-order valence-electron chi connectivity index (χ3n) is 5.41. The molecular formula is C15H16F2N2S. The van der Waals surface area contributed by atoms with Crippen LogP contribution in [0.2, 0.25) is 0 Å². The normalized spacial score (nSPS) is 36.8. The number of nitrogens with two attached hydrogens (primary N) is 1. The maximum absolute atomic E-state index is 14.0.